The van der Waals surface area contributed by atoms with Gasteiger partial charge in [0.25, 0.3) is 0 Å². The van der Waals surface area contributed by atoms with E-state index in [4.69, 9.17) is 4.42 Å². The fourth-order valence-electron chi connectivity index (χ4n) is 6.24. The van der Waals surface area contributed by atoms with Gasteiger partial charge in [0.1, 0.15) is 11.2 Å². The number of rotatable bonds is 4. The Morgan fingerprint density at radius 2 is 1.07 bits per heavy atom. The predicted octanol–water partition coefficient (Wildman–Crippen LogP) is 11.3. The highest BCUT2D eigenvalue weighted by molar-refractivity contribution is 6.13. The molecule has 41 heavy (non-hydrogen) atoms. The SMILES string of the molecule is C=C(c1ccc(-c2cccc3ccccc23)cc1)c1ccc(-c2cccc3c2oc2ccccc23)c2ccccc12. The molecule has 0 aliphatic heterocycles. The van der Waals surface area contributed by atoms with Crippen molar-refractivity contribution in [2.24, 2.45) is 0 Å². The second-order valence-corrected chi connectivity index (χ2v) is 10.6. The minimum atomic E-state index is 0.913. The highest BCUT2D eigenvalue weighted by atomic mass is 16.3. The Bertz CT molecular complexity index is 2260. The molecule has 8 rings (SSSR count). The smallest absolute Gasteiger partial charge is 0.143 e. The number of hydrogen-bond acceptors (Lipinski definition) is 1. The second kappa shape index (κ2) is 9.36. The lowest BCUT2D eigenvalue weighted by Crippen LogP contribution is -1.91. The van der Waals surface area contributed by atoms with Gasteiger partial charge < -0.3 is 4.42 Å². The minimum Gasteiger partial charge on any atom is -0.455 e. The maximum atomic E-state index is 6.39. The Morgan fingerprint density at radius 3 is 1.93 bits per heavy atom. The summed E-state index contributed by atoms with van der Waals surface area (Å²) in [6, 6.07) is 51.6. The van der Waals surface area contributed by atoms with Gasteiger partial charge >= 0.3 is 0 Å². The molecule has 0 aliphatic rings. The topological polar surface area (TPSA) is 13.1 Å². The van der Waals surface area contributed by atoms with Crippen molar-refractivity contribution in [2.45, 2.75) is 0 Å². The van der Waals surface area contributed by atoms with Gasteiger partial charge in [-0.1, -0.05) is 146 Å². The molecule has 0 amide bonds. The molecule has 0 N–H and O–H groups in total. The van der Waals surface area contributed by atoms with E-state index in [2.05, 4.69) is 140 Å². The van der Waals surface area contributed by atoms with Gasteiger partial charge in [-0.05, 0) is 61.0 Å². The van der Waals surface area contributed by atoms with Crippen LogP contribution in [0.3, 0.4) is 0 Å². The molecule has 0 saturated heterocycles. The molecule has 7 aromatic carbocycles. The molecule has 192 valence electrons. The van der Waals surface area contributed by atoms with Crippen LogP contribution in [0.25, 0.3) is 71.3 Å². The first-order valence-electron chi connectivity index (χ1n) is 14.0. The maximum absolute atomic E-state index is 6.39. The van der Waals surface area contributed by atoms with Crippen LogP contribution in [0.1, 0.15) is 11.1 Å². The molecule has 0 radical (unpaired) electrons. The van der Waals surface area contributed by atoms with E-state index in [-0.39, 0.29) is 0 Å². The molecule has 0 fully saturated rings. The molecule has 1 nitrogen and oxygen atoms in total. The van der Waals surface area contributed by atoms with E-state index in [1.807, 2.05) is 12.1 Å². The minimum absolute atomic E-state index is 0.913. The lowest BCUT2D eigenvalue weighted by molar-refractivity contribution is 0.670. The highest BCUT2D eigenvalue weighted by Gasteiger charge is 2.16. The summed E-state index contributed by atoms with van der Waals surface area (Å²) in [5, 5.41) is 7.17. The summed E-state index contributed by atoms with van der Waals surface area (Å²) >= 11 is 0. The third-order valence-corrected chi connectivity index (χ3v) is 8.28. The molecule has 0 saturated carbocycles. The number of hydrogen-bond donors (Lipinski definition) is 0. The van der Waals surface area contributed by atoms with Crippen LogP contribution >= 0.6 is 0 Å². The monoisotopic (exact) mass is 522 g/mol. The normalized spacial score (nSPS) is 11.5. The molecule has 0 atom stereocenters. The van der Waals surface area contributed by atoms with Gasteiger partial charge in [0.05, 0.1) is 0 Å². The van der Waals surface area contributed by atoms with E-state index in [0.29, 0.717) is 0 Å². The predicted molar refractivity (Wildman–Crippen MR) is 174 cm³/mol. The third kappa shape index (κ3) is 3.78. The highest BCUT2D eigenvalue weighted by Crippen LogP contribution is 2.41. The first-order valence-corrected chi connectivity index (χ1v) is 14.0. The van der Waals surface area contributed by atoms with Gasteiger partial charge in [0.2, 0.25) is 0 Å². The van der Waals surface area contributed by atoms with Crippen molar-refractivity contribution in [1.29, 1.82) is 0 Å². The van der Waals surface area contributed by atoms with Gasteiger partial charge in [-0.3, -0.25) is 0 Å². The van der Waals surface area contributed by atoms with E-state index in [1.165, 1.54) is 32.7 Å². The third-order valence-electron chi connectivity index (χ3n) is 8.28. The molecular formula is C40H26O. The van der Waals surface area contributed by atoms with E-state index >= 15 is 0 Å². The maximum Gasteiger partial charge on any atom is 0.143 e. The Kier molecular flexibility index (Phi) is 5.36. The molecule has 0 unspecified atom stereocenters. The van der Waals surface area contributed by atoms with Crippen LogP contribution in [0.5, 0.6) is 0 Å². The van der Waals surface area contributed by atoms with Crippen molar-refractivity contribution in [1.82, 2.24) is 0 Å². The van der Waals surface area contributed by atoms with Crippen LogP contribution in [-0.4, -0.2) is 0 Å². The first kappa shape index (κ1) is 23.5. The van der Waals surface area contributed by atoms with Crippen LogP contribution < -0.4 is 0 Å². The molecule has 0 bridgehead atoms. The second-order valence-electron chi connectivity index (χ2n) is 10.6. The zero-order valence-corrected chi connectivity index (χ0v) is 22.5. The van der Waals surface area contributed by atoms with Crippen LogP contribution in [-0.2, 0) is 0 Å². The average Bonchev–Trinajstić information content (AvgIpc) is 3.43. The zero-order chi connectivity index (χ0) is 27.3. The summed E-state index contributed by atoms with van der Waals surface area (Å²) in [5.74, 6) is 0. The van der Waals surface area contributed by atoms with Gasteiger partial charge in [-0.2, -0.15) is 0 Å². The van der Waals surface area contributed by atoms with Gasteiger partial charge in [-0.25, -0.2) is 0 Å². The van der Waals surface area contributed by atoms with Crippen molar-refractivity contribution in [3.8, 4) is 22.3 Å². The first-order chi connectivity index (χ1) is 20.3. The summed E-state index contributed by atoms with van der Waals surface area (Å²) in [5.41, 5.74) is 9.82. The summed E-state index contributed by atoms with van der Waals surface area (Å²) in [6.07, 6.45) is 0. The van der Waals surface area contributed by atoms with Crippen molar-refractivity contribution < 1.29 is 4.42 Å². The molecule has 0 spiro atoms. The van der Waals surface area contributed by atoms with Crippen LogP contribution in [0.4, 0.5) is 0 Å². The summed E-state index contributed by atoms with van der Waals surface area (Å²) in [6.45, 7) is 4.56. The largest absolute Gasteiger partial charge is 0.455 e. The molecule has 1 heterocycles. The Balaban J connectivity index is 1.22. The van der Waals surface area contributed by atoms with Crippen molar-refractivity contribution in [3.05, 3.63) is 163 Å². The number of para-hydroxylation sites is 2. The van der Waals surface area contributed by atoms with Crippen molar-refractivity contribution in [3.63, 3.8) is 0 Å². The molecule has 8 aromatic rings. The van der Waals surface area contributed by atoms with Crippen molar-refractivity contribution in [2.75, 3.05) is 0 Å². The van der Waals surface area contributed by atoms with E-state index in [1.54, 1.807) is 0 Å². The fourth-order valence-corrected chi connectivity index (χ4v) is 6.24. The molecule has 0 aliphatic carbocycles. The Hall–Kier alpha value is -5.40. The van der Waals surface area contributed by atoms with Crippen LogP contribution in [0.2, 0.25) is 0 Å². The molecule has 1 heteroatoms. The van der Waals surface area contributed by atoms with E-state index in [9.17, 15) is 0 Å². The summed E-state index contributed by atoms with van der Waals surface area (Å²) in [4.78, 5) is 0. The number of furan rings is 1. The van der Waals surface area contributed by atoms with Gasteiger partial charge in [0, 0.05) is 16.3 Å². The summed E-state index contributed by atoms with van der Waals surface area (Å²) < 4.78 is 6.39. The lowest BCUT2D eigenvalue weighted by atomic mass is 9.89. The van der Waals surface area contributed by atoms with E-state index < -0.39 is 0 Å². The Morgan fingerprint density at radius 1 is 0.439 bits per heavy atom. The van der Waals surface area contributed by atoms with Gasteiger partial charge in [0.15, 0.2) is 0 Å². The lowest BCUT2D eigenvalue weighted by Gasteiger charge is -2.15. The zero-order valence-electron chi connectivity index (χ0n) is 22.5. The van der Waals surface area contributed by atoms with Gasteiger partial charge in [-0.15, -0.1) is 0 Å². The van der Waals surface area contributed by atoms with E-state index in [0.717, 1.165) is 49.8 Å². The standard InChI is InChI=1S/C40H26O/c1-26(27-20-22-29(23-21-27)32-16-8-11-28-10-2-3-12-31(28)32)30-24-25-35(34-14-5-4-13-33(30)34)37-17-9-18-38-36-15-6-7-19-39(36)41-40(37)38/h2-25H,1H2. The number of fused-ring (bicyclic) bond motifs is 5. The molecular weight excluding hydrogens is 496 g/mol. The quantitative estimate of drug-likeness (QED) is 0.224. The summed E-state index contributed by atoms with van der Waals surface area (Å²) in [7, 11) is 0. The van der Waals surface area contributed by atoms with Crippen LogP contribution in [0, 0.1) is 0 Å². The number of benzene rings is 7. The average molecular weight is 523 g/mol. The fraction of sp³-hybridized carbons (Fsp3) is 0. The molecule has 1 aromatic heterocycles. The van der Waals surface area contributed by atoms with Crippen molar-refractivity contribution >= 4 is 49.1 Å². The van der Waals surface area contributed by atoms with Crippen LogP contribution in [0.15, 0.2) is 157 Å². The Labute approximate surface area is 238 Å².